The van der Waals surface area contributed by atoms with Crippen LogP contribution in [-0.2, 0) is 11.2 Å². The topological polar surface area (TPSA) is 34.5 Å². The Labute approximate surface area is 199 Å². The number of fused-ring (bicyclic) bond motifs is 3. The van der Waals surface area contributed by atoms with Crippen LogP contribution in [-0.4, -0.2) is 35.4 Å². The molecule has 4 heteroatoms. The van der Waals surface area contributed by atoms with E-state index in [1.807, 2.05) is 0 Å². The number of rotatable bonds is 10. The molecule has 1 aromatic carbocycles. The molecule has 4 heterocycles. The average molecular weight is 449 g/mol. The van der Waals surface area contributed by atoms with E-state index in [-0.39, 0.29) is 5.41 Å². The minimum Gasteiger partial charge on any atom is -0.497 e. The summed E-state index contributed by atoms with van der Waals surface area (Å²) in [6, 6.07) is 6.96. The Hall–Kier alpha value is -2.07. The van der Waals surface area contributed by atoms with Crippen LogP contribution in [0.15, 0.2) is 24.3 Å². The Morgan fingerprint density at radius 3 is 2.79 bits per heavy atom. The molecule has 2 aromatic rings. The highest BCUT2D eigenvalue weighted by atomic mass is 16.5. The molecule has 33 heavy (non-hydrogen) atoms. The van der Waals surface area contributed by atoms with Crippen molar-refractivity contribution in [3.63, 3.8) is 0 Å². The number of nitrogens with zero attached hydrogens (tertiary/aromatic N) is 2. The standard InChI is InChI=1S/C29H40N2O2/c1-4-6-7-8-9-11-22(32)18-21-20-29(5-2)15-10-16-30-17-14-25-24-13-12-23(33-3)19-26(24)31(21)27(25)28(29)30/h12-13,19-20,28H,4-11,14-18H2,1-3H3/t28-,29+/m1/s1. The fraction of sp³-hybridized carbons (Fsp3) is 0.621. The van der Waals surface area contributed by atoms with Crippen molar-refractivity contribution in [1.29, 1.82) is 0 Å². The van der Waals surface area contributed by atoms with Crippen LogP contribution in [0.25, 0.3) is 16.6 Å². The molecule has 0 spiro atoms. The van der Waals surface area contributed by atoms with Gasteiger partial charge in [-0.2, -0.15) is 0 Å². The van der Waals surface area contributed by atoms with Crippen LogP contribution < -0.4 is 4.74 Å². The van der Waals surface area contributed by atoms with Crippen LogP contribution in [0.4, 0.5) is 0 Å². The van der Waals surface area contributed by atoms with Crippen molar-refractivity contribution < 1.29 is 9.53 Å². The van der Waals surface area contributed by atoms with Crippen molar-refractivity contribution in [2.75, 3.05) is 20.2 Å². The molecule has 1 aromatic heterocycles. The van der Waals surface area contributed by atoms with Crippen molar-refractivity contribution in [2.45, 2.75) is 90.5 Å². The smallest absolute Gasteiger partial charge is 0.138 e. The number of carbonyl (C=O) groups is 1. The summed E-state index contributed by atoms with van der Waals surface area (Å²) in [5.41, 5.74) is 5.57. The minimum absolute atomic E-state index is 0.151. The van der Waals surface area contributed by atoms with Crippen molar-refractivity contribution in [2.24, 2.45) is 5.41 Å². The highest BCUT2D eigenvalue weighted by Crippen LogP contribution is 2.57. The van der Waals surface area contributed by atoms with Gasteiger partial charge in [0.2, 0.25) is 0 Å². The average Bonchev–Trinajstić information content (AvgIpc) is 3.17. The third-order valence-corrected chi connectivity index (χ3v) is 8.56. The first kappa shape index (κ1) is 22.7. The first-order valence-electron chi connectivity index (χ1n) is 13.3. The number of benzene rings is 1. The molecule has 0 N–H and O–H groups in total. The molecular weight excluding hydrogens is 408 g/mol. The lowest BCUT2D eigenvalue weighted by Crippen LogP contribution is -2.50. The maximum atomic E-state index is 13.2. The number of hydrogen-bond donors (Lipinski definition) is 0. The van der Waals surface area contributed by atoms with Crippen molar-refractivity contribution in [3.8, 4) is 5.75 Å². The van der Waals surface area contributed by atoms with E-state index in [2.05, 4.69) is 47.6 Å². The predicted molar refractivity (Wildman–Crippen MR) is 136 cm³/mol. The molecule has 0 saturated carbocycles. The number of allylic oxidation sites excluding steroid dienone is 1. The van der Waals surface area contributed by atoms with E-state index in [9.17, 15) is 4.79 Å². The summed E-state index contributed by atoms with van der Waals surface area (Å²) in [6.45, 7) is 6.92. The summed E-state index contributed by atoms with van der Waals surface area (Å²) in [6.07, 6.45) is 14.5. The third-order valence-electron chi connectivity index (χ3n) is 8.56. The molecule has 3 aliphatic rings. The largest absolute Gasteiger partial charge is 0.497 e. The molecule has 0 unspecified atom stereocenters. The third kappa shape index (κ3) is 3.84. The van der Waals surface area contributed by atoms with Gasteiger partial charge in [0, 0.05) is 47.6 Å². The molecule has 0 bridgehead atoms. The molecule has 0 aliphatic carbocycles. The number of Topliss-reactive ketones (excluding diaryl/α,β-unsaturated/α-hetero) is 1. The second-order valence-corrected chi connectivity index (χ2v) is 10.5. The van der Waals surface area contributed by atoms with Crippen LogP contribution in [0.1, 0.15) is 95.4 Å². The summed E-state index contributed by atoms with van der Waals surface area (Å²) >= 11 is 0. The van der Waals surface area contributed by atoms with Crippen LogP contribution in [0.3, 0.4) is 0 Å². The van der Waals surface area contributed by atoms with Gasteiger partial charge >= 0.3 is 0 Å². The van der Waals surface area contributed by atoms with Gasteiger partial charge in [0.05, 0.1) is 18.7 Å². The van der Waals surface area contributed by atoms with Gasteiger partial charge < -0.3 is 9.30 Å². The summed E-state index contributed by atoms with van der Waals surface area (Å²) in [5.74, 6) is 1.28. The van der Waals surface area contributed by atoms with Crippen molar-refractivity contribution >= 4 is 22.4 Å². The molecule has 178 valence electrons. The van der Waals surface area contributed by atoms with E-state index in [0.717, 1.165) is 31.6 Å². The highest BCUT2D eigenvalue weighted by Gasteiger charge is 2.50. The summed E-state index contributed by atoms with van der Waals surface area (Å²) < 4.78 is 8.08. The zero-order valence-corrected chi connectivity index (χ0v) is 20.8. The minimum atomic E-state index is 0.151. The predicted octanol–water partition coefficient (Wildman–Crippen LogP) is 6.91. The zero-order valence-electron chi connectivity index (χ0n) is 20.8. The quantitative estimate of drug-likeness (QED) is 0.370. The number of ketones is 1. The van der Waals surface area contributed by atoms with E-state index in [4.69, 9.17) is 4.74 Å². The maximum Gasteiger partial charge on any atom is 0.138 e. The summed E-state index contributed by atoms with van der Waals surface area (Å²) in [5, 5.41) is 1.35. The van der Waals surface area contributed by atoms with Crippen LogP contribution in [0.2, 0.25) is 0 Å². The fourth-order valence-electron chi connectivity index (χ4n) is 6.89. The SMILES string of the molecule is CCCCCCCC(=O)CC1=C[C@]2(CC)CCCN3CCc4c(n1c1cc(OC)ccc41)[C@@H]32. The first-order chi connectivity index (χ1) is 16.1. The lowest BCUT2D eigenvalue weighted by atomic mass is 9.66. The Balaban J connectivity index is 1.56. The maximum absolute atomic E-state index is 13.2. The molecular formula is C29H40N2O2. The highest BCUT2D eigenvalue weighted by molar-refractivity contribution is 5.94. The molecule has 0 radical (unpaired) electrons. The van der Waals surface area contributed by atoms with Crippen LogP contribution in [0.5, 0.6) is 5.75 Å². The van der Waals surface area contributed by atoms with Gasteiger partial charge in [0.1, 0.15) is 11.5 Å². The summed E-state index contributed by atoms with van der Waals surface area (Å²) in [4.78, 5) is 15.9. The molecule has 1 saturated heterocycles. The lowest BCUT2D eigenvalue weighted by Gasteiger charge is -2.53. The van der Waals surface area contributed by atoms with Gasteiger partial charge in [-0.15, -0.1) is 0 Å². The van der Waals surface area contributed by atoms with Gasteiger partial charge in [-0.1, -0.05) is 45.6 Å². The Bertz CT molecular complexity index is 1070. The van der Waals surface area contributed by atoms with E-state index >= 15 is 0 Å². The van der Waals surface area contributed by atoms with E-state index in [0.29, 0.717) is 24.7 Å². The van der Waals surface area contributed by atoms with Crippen molar-refractivity contribution in [3.05, 3.63) is 35.5 Å². The number of ether oxygens (including phenoxy) is 1. The lowest BCUT2D eigenvalue weighted by molar-refractivity contribution is -0.118. The van der Waals surface area contributed by atoms with Crippen LogP contribution >= 0.6 is 0 Å². The second-order valence-electron chi connectivity index (χ2n) is 10.5. The van der Waals surface area contributed by atoms with Gasteiger partial charge in [-0.05, 0) is 56.3 Å². The Morgan fingerprint density at radius 2 is 2.00 bits per heavy atom. The Morgan fingerprint density at radius 1 is 1.15 bits per heavy atom. The summed E-state index contributed by atoms with van der Waals surface area (Å²) in [7, 11) is 1.74. The monoisotopic (exact) mass is 448 g/mol. The zero-order chi connectivity index (χ0) is 23.0. The van der Waals surface area contributed by atoms with E-state index in [1.54, 1.807) is 7.11 Å². The molecule has 3 aliphatic heterocycles. The molecule has 0 amide bonds. The second kappa shape index (κ2) is 9.29. The number of hydrogen-bond acceptors (Lipinski definition) is 3. The van der Waals surface area contributed by atoms with Gasteiger partial charge in [-0.25, -0.2) is 0 Å². The number of unbranched alkanes of at least 4 members (excludes halogenated alkanes) is 4. The number of piperidine rings is 1. The first-order valence-corrected chi connectivity index (χ1v) is 13.3. The van der Waals surface area contributed by atoms with Gasteiger partial charge in [0.15, 0.2) is 0 Å². The number of methoxy groups -OCH3 is 1. The Kier molecular flexibility index (Phi) is 6.39. The molecule has 5 rings (SSSR count). The molecule has 4 nitrogen and oxygen atoms in total. The number of aromatic nitrogens is 1. The van der Waals surface area contributed by atoms with E-state index in [1.165, 1.54) is 72.9 Å². The van der Waals surface area contributed by atoms with E-state index < -0.39 is 0 Å². The molecule has 1 fully saturated rings. The van der Waals surface area contributed by atoms with Gasteiger partial charge in [-0.3, -0.25) is 9.69 Å². The van der Waals surface area contributed by atoms with Crippen LogP contribution in [0, 0.1) is 5.41 Å². The number of carbonyl (C=O) groups excluding carboxylic acids is 1. The fourth-order valence-corrected chi connectivity index (χ4v) is 6.89. The molecule has 2 atom stereocenters. The normalized spacial score (nSPS) is 24.0. The van der Waals surface area contributed by atoms with Gasteiger partial charge in [0.25, 0.3) is 0 Å². The van der Waals surface area contributed by atoms with Crippen molar-refractivity contribution in [1.82, 2.24) is 9.47 Å².